The van der Waals surface area contributed by atoms with Crippen LogP contribution in [-0.2, 0) is 4.79 Å². The zero-order chi connectivity index (χ0) is 19.8. The van der Waals surface area contributed by atoms with Crippen molar-refractivity contribution in [1.82, 2.24) is 30.1 Å². The van der Waals surface area contributed by atoms with Gasteiger partial charge in [0.1, 0.15) is 12.0 Å². The molecule has 4 heterocycles. The second kappa shape index (κ2) is 7.21. The molecule has 3 N–H and O–H groups in total. The number of nitrogens with zero attached hydrogens (tertiary/aromatic N) is 6. The van der Waals surface area contributed by atoms with Gasteiger partial charge in [-0.05, 0) is 37.8 Å². The molecule has 10 nitrogen and oxygen atoms in total. The highest BCUT2D eigenvalue weighted by Crippen LogP contribution is 2.34. The number of fused-ring (bicyclic) bond motifs is 1. The maximum Gasteiger partial charge on any atom is 0.247 e. The number of carbonyl (C=O) groups is 1. The van der Waals surface area contributed by atoms with E-state index in [9.17, 15) is 9.90 Å². The first-order valence-corrected chi connectivity index (χ1v) is 9.62. The van der Waals surface area contributed by atoms with Gasteiger partial charge in [-0.3, -0.25) is 19.8 Å². The van der Waals surface area contributed by atoms with Crippen molar-refractivity contribution < 1.29 is 9.90 Å². The highest BCUT2D eigenvalue weighted by atomic mass is 16.3. The fraction of sp³-hybridized carbons (Fsp3) is 0.368. The summed E-state index contributed by atoms with van der Waals surface area (Å²) < 4.78 is 0. The quantitative estimate of drug-likeness (QED) is 0.609. The Kier molecular flexibility index (Phi) is 4.39. The van der Waals surface area contributed by atoms with E-state index in [4.69, 9.17) is 4.98 Å². The van der Waals surface area contributed by atoms with Gasteiger partial charge < -0.3 is 10.4 Å². The van der Waals surface area contributed by atoms with Gasteiger partial charge in [0, 0.05) is 17.8 Å². The molecule has 1 aliphatic heterocycles. The van der Waals surface area contributed by atoms with E-state index in [1.807, 2.05) is 12.1 Å². The van der Waals surface area contributed by atoms with E-state index in [0.717, 1.165) is 18.4 Å². The molecule has 0 bridgehead atoms. The molecule has 2 aliphatic rings. The van der Waals surface area contributed by atoms with Crippen LogP contribution in [0.3, 0.4) is 0 Å². The fourth-order valence-corrected chi connectivity index (χ4v) is 3.88. The number of nitrogens with one attached hydrogen (secondary N) is 2. The van der Waals surface area contributed by atoms with Gasteiger partial charge in [-0.15, -0.1) is 0 Å². The summed E-state index contributed by atoms with van der Waals surface area (Å²) in [5.41, 5.74) is 2.08. The predicted molar refractivity (Wildman–Crippen MR) is 105 cm³/mol. The third kappa shape index (κ3) is 3.31. The first-order valence-electron chi connectivity index (χ1n) is 9.62. The number of anilines is 2. The van der Waals surface area contributed by atoms with Crippen LogP contribution in [0.1, 0.15) is 25.7 Å². The molecule has 3 aromatic heterocycles. The lowest BCUT2D eigenvalue weighted by Crippen LogP contribution is -2.49. The van der Waals surface area contributed by atoms with Crippen molar-refractivity contribution in [2.24, 2.45) is 0 Å². The number of amides is 1. The maximum absolute atomic E-state index is 12.7. The molecule has 1 amide bonds. The van der Waals surface area contributed by atoms with Crippen molar-refractivity contribution in [2.45, 2.75) is 37.8 Å². The first-order chi connectivity index (χ1) is 14.2. The summed E-state index contributed by atoms with van der Waals surface area (Å²) in [6, 6.07) is 3.74. The van der Waals surface area contributed by atoms with Crippen LogP contribution in [0.25, 0.3) is 22.8 Å². The highest BCUT2D eigenvalue weighted by Gasteiger charge is 2.34. The summed E-state index contributed by atoms with van der Waals surface area (Å²) in [7, 11) is 0. The molecule has 0 saturated heterocycles. The Balaban J connectivity index is 1.47. The van der Waals surface area contributed by atoms with Gasteiger partial charge in [-0.25, -0.2) is 15.0 Å². The molecule has 148 valence electrons. The number of aromatic amines is 1. The zero-order valence-electron chi connectivity index (χ0n) is 15.6. The third-order valence-corrected chi connectivity index (χ3v) is 5.39. The van der Waals surface area contributed by atoms with Gasteiger partial charge in [0.25, 0.3) is 0 Å². The molecule has 29 heavy (non-hydrogen) atoms. The van der Waals surface area contributed by atoms with Gasteiger partial charge in [0.05, 0.1) is 24.5 Å². The monoisotopic (exact) mass is 392 g/mol. The summed E-state index contributed by atoms with van der Waals surface area (Å²) in [6.07, 6.45) is 7.48. The largest absolute Gasteiger partial charge is 0.393 e. The fourth-order valence-electron chi connectivity index (χ4n) is 3.88. The van der Waals surface area contributed by atoms with E-state index in [1.165, 1.54) is 6.33 Å². The van der Waals surface area contributed by atoms with Crippen LogP contribution in [0, 0.1) is 0 Å². The number of hydrogen-bond donors (Lipinski definition) is 3. The molecular weight excluding hydrogens is 372 g/mol. The molecule has 1 aliphatic carbocycles. The summed E-state index contributed by atoms with van der Waals surface area (Å²) in [6.45, 7) is 0.201. The van der Waals surface area contributed by atoms with Crippen LogP contribution in [0.15, 0.2) is 30.9 Å². The van der Waals surface area contributed by atoms with Crippen LogP contribution in [0.5, 0.6) is 0 Å². The van der Waals surface area contributed by atoms with E-state index >= 15 is 0 Å². The van der Waals surface area contributed by atoms with Crippen molar-refractivity contribution in [3.05, 3.63) is 30.9 Å². The Morgan fingerprint density at radius 2 is 1.90 bits per heavy atom. The molecule has 1 fully saturated rings. The SMILES string of the molecule is O=C1CNc2ncc(-c3ccc(-c4nc[nH]n4)nc3)nc2N1C1CCC(O)CC1. The third-order valence-electron chi connectivity index (χ3n) is 5.39. The van der Waals surface area contributed by atoms with Gasteiger partial charge in [-0.1, -0.05) is 0 Å². The Morgan fingerprint density at radius 3 is 2.62 bits per heavy atom. The van der Waals surface area contributed by atoms with Crippen molar-refractivity contribution in [1.29, 1.82) is 0 Å². The predicted octanol–water partition coefficient (Wildman–Crippen LogP) is 1.39. The first kappa shape index (κ1) is 17.7. The second-order valence-electron chi connectivity index (χ2n) is 7.26. The number of aliphatic hydroxyl groups is 1. The number of hydrogen-bond acceptors (Lipinski definition) is 8. The molecule has 0 atom stereocenters. The number of carbonyl (C=O) groups excluding carboxylic acids is 1. The number of rotatable bonds is 3. The molecular formula is C19H20N8O2. The molecule has 1 saturated carbocycles. The maximum atomic E-state index is 12.7. The van der Waals surface area contributed by atoms with Gasteiger partial charge in [0.15, 0.2) is 17.5 Å². The standard InChI is InChI=1S/C19H20N8O2/c28-13-4-2-12(3-5-13)27-16(29)9-22-18-19(27)25-15(8-21-18)11-1-6-14(20-7-11)17-23-10-24-26-17/h1,6-8,10,12-13,28H,2-5,9H2,(H,21,22)(H,23,24,26). The van der Waals surface area contributed by atoms with Crippen LogP contribution in [-0.4, -0.2) is 59.8 Å². The topological polar surface area (TPSA) is 133 Å². The van der Waals surface area contributed by atoms with E-state index in [1.54, 1.807) is 17.3 Å². The normalized spacial score (nSPS) is 21.6. The number of aromatic nitrogens is 6. The zero-order valence-corrected chi connectivity index (χ0v) is 15.6. The van der Waals surface area contributed by atoms with Gasteiger partial charge >= 0.3 is 0 Å². The molecule has 0 aromatic carbocycles. The molecule has 10 heteroatoms. The van der Waals surface area contributed by atoms with Gasteiger partial charge in [-0.2, -0.15) is 5.10 Å². The summed E-state index contributed by atoms with van der Waals surface area (Å²) in [5.74, 6) is 1.64. The highest BCUT2D eigenvalue weighted by molar-refractivity contribution is 6.01. The minimum absolute atomic E-state index is 0.0246. The molecule has 0 spiro atoms. The van der Waals surface area contributed by atoms with Crippen molar-refractivity contribution in [3.8, 4) is 22.8 Å². The lowest BCUT2D eigenvalue weighted by atomic mass is 9.91. The summed E-state index contributed by atoms with van der Waals surface area (Å²) >= 11 is 0. The van der Waals surface area contributed by atoms with Crippen LogP contribution < -0.4 is 10.2 Å². The second-order valence-corrected chi connectivity index (χ2v) is 7.26. The average Bonchev–Trinajstić information content (AvgIpc) is 3.29. The number of pyridine rings is 1. The average molecular weight is 392 g/mol. The van der Waals surface area contributed by atoms with E-state index < -0.39 is 0 Å². The van der Waals surface area contributed by atoms with Crippen molar-refractivity contribution in [2.75, 3.05) is 16.8 Å². The summed E-state index contributed by atoms with van der Waals surface area (Å²) in [4.78, 5) is 32.1. The van der Waals surface area contributed by atoms with Crippen LogP contribution in [0.2, 0.25) is 0 Å². The molecule has 0 unspecified atom stereocenters. The molecule has 3 aromatic rings. The molecule has 5 rings (SSSR count). The van der Waals surface area contributed by atoms with E-state index in [-0.39, 0.29) is 24.6 Å². The van der Waals surface area contributed by atoms with Crippen LogP contribution in [0.4, 0.5) is 11.6 Å². The van der Waals surface area contributed by atoms with E-state index in [0.29, 0.717) is 41.7 Å². The lowest BCUT2D eigenvalue weighted by molar-refractivity contribution is -0.118. The summed E-state index contributed by atoms with van der Waals surface area (Å²) in [5, 5.41) is 19.5. The number of aliphatic hydroxyl groups excluding tert-OH is 1. The van der Waals surface area contributed by atoms with Crippen molar-refractivity contribution >= 4 is 17.5 Å². The Hall–Kier alpha value is -3.40. The number of H-pyrrole nitrogens is 1. The lowest BCUT2D eigenvalue weighted by Gasteiger charge is -2.38. The van der Waals surface area contributed by atoms with Crippen LogP contribution >= 0.6 is 0 Å². The van der Waals surface area contributed by atoms with Crippen molar-refractivity contribution in [3.63, 3.8) is 0 Å². The minimum Gasteiger partial charge on any atom is -0.393 e. The van der Waals surface area contributed by atoms with Gasteiger partial charge in [0.2, 0.25) is 5.91 Å². The smallest absolute Gasteiger partial charge is 0.247 e. The Bertz CT molecular complexity index is 1010. The Labute approximate surface area is 166 Å². The minimum atomic E-state index is -0.283. The van der Waals surface area contributed by atoms with E-state index in [2.05, 4.69) is 30.5 Å². The Morgan fingerprint density at radius 1 is 1.03 bits per heavy atom. The molecule has 0 radical (unpaired) electrons.